The number of nitriles is 3. The molecule has 10 heavy (non-hydrogen) atoms. The van der Waals surface area contributed by atoms with E-state index in [9.17, 15) is 0 Å². The molecule has 0 aliphatic rings. The van der Waals surface area contributed by atoms with E-state index in [2.05, 4.69) is 0 Å². The fourth-order valence-corrected chi connectivity index (χ4v) is 12.2. The van der Waals surface area contributed by atoms with E-state index in [-0.39, 0.29) is 0 Å². The van der Waals surface area contributed by atoms with E-state index in [0.717, 1.165) is 25.8 Å². The van der Waals surface area contributed by atoms with E-state index in [0.29, 0.717) is 0 Å². The van der Waals surface area contributed by atoms with Crippen LogP contribution in [0.2, 0.25) is 0 Å². The van der Waals surface area contributed by atoms with Crippen LogP contribution < -0.4 is 0 Å². The molecule has 0 aromatic carbocycles. The molecule has 0 saturated heterocycles. The Labute approximate surface area is 74.1 Å². The molecule has 0 atom stereocenters. The van der Waals surface area contributed by atoms with Crippen LogP contribution in [0.25, 0.3) is 0 Å². The predicted molar refractivity (Wildman–Crippen MR) is 45.4 cm³/mol. The van der Waals surface area contributed by atoms with E-state index >= 15 is 0 Å². The molecule has 0 N–H and O–H groups in total. The van der Waals surface area contributed by atoms with Crippen LogP contribution in [0.3, 0.4) is 0 Å². The Bertz CT molecular complexity index is 172. The average molecular weight is 289 g/mol. The zero-order chi connectivity index (χ0) is 7.82. The molecule has 0 aromatic heterocycles. The molecular weight excluding hydrogens is 289 g/mol. The molecule has 0 bridgehead atoms. The van der Waals surface area contributed by atoms with Gasteiger partial charge in [0.05, 0.1) is 0 Å². The maximum absolute atomic E-state index is 8.21. The normalized spacial score (nSPS) is 6.90. The van der Waals surface area contributed by atoms with Crippen LogP contribution in [-0.2, 0) is 0 Å². The fraction of sp³-hybridized carbons (Fsp3) is 0. The molecule has 0 amide bonds. The molecule has 3 nitrogen and oxygen atoms in total. The van der Waals surface area contributed by atoms with Gasteiger partial charge in [-0.1, -0.05) is 0 Å². The van der Waals surface area contributed by atoms with Crippen molar-refractivity contribution in [2.24, 2.45) is 0 Å². The van der Waals surface area contributed by atoms with E-state index < -0.39 is 17.1 Å². The summed E-state index contributed by atoms with van der Waals surface area (Å²) >= 11 is -2.21. The van der Waals surface area contributed by atoms with Gasteiger partial charge in [0.2, 0.25) is 0 Å². The van der Waals surface area contributed by atoms with Gasteiger partial charge < -0.3 is 0 Å². The Morgan fingerprint density at radius 2 is 1.10 bits per heavy atom. The van der Waals surface area contributed by atoms with Gasteiger partial charge in [-0.05, 0) is 0 Å². The Morgan fingerprint density at radius 1 is 0.800 bits per heavy atom. The number of hydrogen-bond donors (Lipinski definition) is 0. The number of hydrogen-bond acceptors (Lipinski definition) is 6. The third-order valence-corrected chi connectivity index (χ3v) is 20.6. The summed E-state index contributed by atoms with van der Waals surface area (Å²) in [6, 6.07) is 0. The van der Waals surface area contributed by atoms with Gasteiger partial charge in [0.1, 0.15) is 0 Å². The SMILES string of the molecule is N#C[S][In]([S]C#N)[S]C#N. The average Bonchev–Trinajstić information content (AvgIpc) is 1.90. The van der Waals surface area contributed by atoms with Crippen LogP contribution >= 0.6 is 25.8 Å². The van der Waals surface area contributed by atoms with Crippen molar-refractivity contribution in [1.29, 1.82) is 15.8 Å². The van der Waals surface area contributed by atoms with Crippen molar-refractivity contribution >= 4 is 42.8 Å². The summed E-state index contributed by atoms with van der Waals surface area (Å²) in [5.74, 6) is 0. The van der Waals surface area contributed by atoms with Crippen LogP contribution in [0.15, 0.2) is 0 Å². The summed E-state index contributed by atoms with van der Waals surface area (Å²) in [7, 11) is 3.37. The second-order valence-corrected chi connectivity index (χ2v) is 25.4. The van der Waals surface area contributed by atoms with Gasteiger partial charge in [-0.2, -0.15) is 0 Å². The molecule has 0 aromatic rings. The first-order valence-corrected chi connectivity index (χ1v) is 16.7. The van der Waals surface area contributed by atoms with Crippen LogP contribution in [0.4, 0.5) is 0 Å². The van der Waals surface area contributed by atoms with Crippen molar-refractivity contribution in [2.75, 3.05) is 0 Å². The fourth-order valence-electron chi connectivity index (χ4n) is 0.201. The Hall–Kier alpha value is 0.390. The molecule has 0 radical (unpaired) electrons. The van der Waals surface area contributed by atoms with Gasteiger partial charge in [0, 0.05) is 0 Å². The third-order valence-electron chi connectivity index (χ3n) is 0.447. The van der Waals surface area contributed by atoms with Crippen LogP contribution in [0, 0.1) is 32.0 Å². The molecule has 0 fully saturated rings. The monoisotopic (exact) mass is 289 g/mol. The van der Waals surface area contributed by atoms with E-state index in [1.54, 1.807) is 0 Å². The summed E-state index contributed by atoms with van der Waals surface area (Å²) in [5, 5.41) is 30.3. The van der Waals surface area contributed by atoms with Crippen molar-refractivity contribution in [3.63, 3.8) is 0 Å². The second-order valence-electron chi connectivity index (χ2n) is 0.916. The molecule has 48 valence electrons. The van der Waals surface area contributed by atoms with Crippen LogP contribution in [0.5, 0.6) is 0 Å². The Morgan fingerprint density at radius 3 is 1.30 bits per heavy atom. The molecule has 0 spiro atoms. The quantitative estimate of drug-likeness (QED) is 0.735. The number of thiocyanates is 3. The van der Waals surface area contributed by atoms with E-state index in [1.165, 1.54) is 0 Å². The van der Waals surface area contributed by atoms with Crippen molar-refractivity contribution in [1.82, 2.24) is 0 Å². The van der Waals surface area contributed by atoms with Crippen LogP contribution in [0.1, 0.15) is 0 Å². The van der Waals surface area contributed by atoms with Gasteiger partial charge in [0.15, 0.2) is 0 Å². The van der Waals surface area contributed by atoms with Gasteiger partial charge in [-0.25, -0.2) is 0 Å². The zero-order valence-electron chi connectivity index (χ0n) is 4.64. The van der Waals surface area contributed by atoms with Crippen molar-refractivity contribution in [3.8, 4) is 16.2 Å². The van der Waals surface area contributed by atoms with Crippen molar-refractivity contribution in [3.05, 3.63) is 0 Å². The van der Waals surface area contributed by atoms with E-state index in [1.807, 2.05) is 16.2 Å². The van der Waals surface area contributed by atoms with Gasteiger partial charge in [-0.15, -0.1) is 0 Å². The first-order valence-electron chi connectivity index (χ1n) is 1.99. The molecule has 7 heteroatoms. The molecule has 0 saturated carbocycles. The van der Waals surface area contributed by atoms with Crippen molar-refractivity contribution < 1.29 is 0 Å². The topological polar surface area (TPSA) is 71.4 Å². The summed E-state index contributed by atoms with van der Waals surface area (Å²) in [4.78, 5) is 0. The first-order chi connectivity index (χ1) is 4.85. The predicted octanol–water partition coefficient (Wildman–Crippen LogP) is 1.61. The molecule has 0 rings (SSSR count). The maximum atomic E-state index is 8.21. The third kappa shape index (κ3) is 5.20. The molecule has 0 unspecified atom stereocenters. The summed E-state index contributed by atoms with van der Waals surface area (Å²) in [6.07, 6.45) is 0. The molecule has 0 heterocycles. The van der Waals surface area contributed by atoms with Gasteiger partial charge in [-0.3, -0.25) is 0 Å². The Balaban J connectivity index is 3.68. The first kappa shape index (κ1) is 10.4. The van der Waals surface area contributed by atoms with Gasteiger partial charge in [0.25, 0.3) is 0 Å². The molecular formula is C3InN3S3. The standard InChI is InChI=1S/3CHNS.In/c3*2-1-3;/h3*3H;/q;;;+3/p-3. The summed E-state index contributed by atoms with van der Waals surface area (Å²) in [5.41, 5.74) is 0. The summed E-state index contributed by atoms with van der Waals surface area (Å²) in [6.45, 7) is 0. The van der Waals surface area contributed by atoms with Crippen LogP contribution in [-0.4, -0.2) is 17.1 Å². The van der Waals surface area contributed by atoms with Gasteiger partial charge >= 0.3 is 74.8 Å². The minimum absolute atomic E-state index is 1.12. The molecule has 0 aliphatic carbocycles. The second kappa shape index (κ2) is 7.50. The Kier molecular flexibility index (Phi) is 7.79. The van der Waals surface area contributed by atoms with Crippen molar-refractivity contribution in [2.45, 2.75) is 0 Å². The zero-order valence-corrected chi connectivity index (χ0v) is 10.4. The minimum atomic E-state index is -2.21. The number of rotatable bonds is 3. The van der Waals surface area contributed by atoms with E-state index in [4.69, 9.17) is 15.8 Å². The number of nitrogens with zero attached hydrogens (tertiary/aromatic N) is 3. The molecule has 0 aliphatic heterocycles. The summed E-state index contributed by atoms with van der Waals surface area (Å²) < 4.78 is 0.